The highest BCUT2D eigenvalue weighted by molar-refractivity contribution is 5.93. The van der Waals surface area contributed by atoms with E-state index in [2.05, 4.69) is 28.7 Å². The molecule has 0 aromatic carbocycles. The first-order valence-corrected chi connectivity index (χ1v) is 9.74. The second kappa shape index (κ2) is 8.17. The van der Waals surface area contributed by atoms with Gasteiger partial charge in [-0.25, -0.2) is 9.97 Å². The van der Waals surface area contributed by atoms with Crippen molar-refractivity contribution in [3.63, 3.8) is 0 Å². The molecule has 0 radical (unpaired) electrons. The maximum Gasteiger partial charge on any atom is 0.283 e. The van der Waals surface area contributed by atoms with Crippen LogP contribution in [0, 0.1) is 11.8 Å². The molecule has 3 rings (SSSR count). The van der Waals surface area contributed by atoms with Crippen LogP contribution in [0.15, 0.2) is 23.1 Å². The fourth-order valence-corrected chi connectivity index (χ4v) is 3.55. The van der Waals surface area contributed by atoms with Crippen LogP contribution in [-0.4, -0.2) is 63.0 Å². The average Bonchev–Trinajstić information content (AvgIpc) is 2.63. The maximum absolute atomic E-state index is 13.0. The Balaban J connectivity index is 1.89. The first-order chi connectivity index (χ1) is 12.9. The average molecular weight is 371 g/mol. The van der Waals surface area contributed by atoms with Crippen LogP contribution in [0.4, 0.5) is 0 Å². The van der Waals surface area contributed by atoms with Gasteiger partial charge in [-0.2, -0.15) is 0 Å². The fourth-order valence-electron chi connectivity index (χ4n) is 3.55. The Hall–Kier alpha value is -2.28. The van der Waals surface area contributed by atoms with Crippen LogP contribution in [0.1, 0.15) is 38.2 Å². The van der Waals surface area contributed by atoms with Gasteiger partial charge in [-0.1, -0.05) is 27.7 Å². The maximum atomic E-state index is 13.0. The van der Waals surface area contributed by atoms with Gasteiger partial charge in [0.15, 0.2) is 11.3 Å². The van der Waals surface area contributed by atoms with E-state index < -0.39 is 0 Å². The van der Waals surface area contributed by atoms with E-state index in [1.54, 1.807) is 27.8 Å². The molecule has 1 saturated heterocycles. The number of amides is 1. The molecule has 7 nitrogen and oxygen atoms in total. The van der Waals surface area contributed by atoms with Crippen LogP contribution >= 0.6 is 0 Å². The van der Waals surface area contributed by atoms with E-state index in [4.69, 9.17) is 0 Å². The van der Waals surface area contributed by atoms with Gasteiger partial charge < -0.3 is 4.90 Å². The summed E-state index contributed by atoms with van der Waals surface area (Å²) in [6.07, 6.45) is 1.65. The number of carbonyl (C=O) groups is 1. The van der Waals surface area contributed by atoms with Gasteiger partial charge in [-0.05, 0) is 24.0 Å². The molecule has 0 aliphatic carbocycles. The van der Waals surface area contributed by atoms with Gasteiger partial charge in [-0.15, -0.1) is 0 Å². The van der Waals surface area contributed by atoms with Crippen molar-refractivity contribution in [3.05, 3.63) is 34.4 Å². The van der Waals surface area contributed by atoms with Crippen LogP contribution in [0.3, 0.4) is 0 Å². The minimum atomic E-state index is -0.343. The molecule has 0 N–H and O–H groups in total. The van der Waals surface area contributed by atoms with E-state index in [0.29, 0.717) is 36.7 Å². The third-order valence-corrected chi connectivity index (χ3v) is 4.73. The molecule has 3 heterocycles. The normalized spacial score (nSPS) is 15.9. The Bertz CT molecular complexity index is 866. The summed E-state index contributed by atoms with van der Waals surface area (Å²) in [5.74, 6) is 0.593. The van der Waals surface area contributed by atoms with Gasteiger partial charge in [0.1, 0.15) is 5.52 Å². The number of pyridine rings is 1. The van der Waals surface area contributed by atoms with Crippen molar-refractivity contribution < 1.29 is 4.79 Å². The van der Waals surface area contributed by atoms with Gasteiger partial charge in [0.2, 0.25) is 0 Å². The van der Waals surface area contributed by atoms with Gasteiger partial charge in [0.05, 0.1) is 0 Å². The third-order valence-electron chi connectivity index (χ3n) is 4.73. The van der Waals surface area contributed by atoms with Crippen molar-refractivity contribution in [3.8, 4) is 0 Å². The van der Waals surface area contributed by atoms with Crippen molar-refractivity contribution >= 4 is 17.1 Å². The molecule has 27 heavy (non-hydrogen) atoms. The lowest BCUT2D eigenvalue weighted by Crippen LogP contribution is -2.50. The lowest BCUT2D eigenvalue weighted by Gasteiger charge is -2.35. The SMILES string of the molecule is CC(C)CN1CCN(C(=O)c2nc3cccnc3n(CC(C)C)c2=O)CC1. The molecular formula is C20H29N5O2. The number of fused-ring (bicyclic) bond motifs is 1. The van der Waals surface area contributed by atoms with E-state index in [1.807, 2.05) is 13.8 Å². The van der Waals surface area contributed by atoms with Gasteiger partial charge in [0.25, 0.3) is 11.5 Å². The highest BCUT2D eigenvalue weighted by atomic mass is 16.2. The summed E-state index contributed by atoms with van der Waals surface area (Å²) in [6, 6.07) is 3.58. The summed E-state index contributed by atoms with van der Waals surface area (Å²) in [7, 11) is 0. The van der Waals surface area contributed by atoms with Crippen LogP contribution in [0.5, 0.6) is 0 Å². The molecule has 1 aliphatic rings. The lowest BCUT2D eigenvalue weighted by atomic mass is 10.2. The zero-order valence-corrected chi connectivity index (χ0v) is 16.7. The second-order valence-corrected chi connectivity index (χ2v) is 8.10. The largest absolute Gasteiger partial charge is 0.335 e. The zero-order valence-electron chi connectivity index (χ0n) is 16.7. The molecule has 7 heteroatoms. The van der Waals surface area contributed by atoms with Crippen molar-refractivity contribution in [1.29, 1.82) is 0 Å². The van der Waals surface area contributed by atoms with Gasteiger partial charge in [0, 0.05) is 45.5 Å². The van der Waals surface area contributed by atoms with E-state index in [1.165, 1.54) is 0 Å². The number of nitrogens with zero attached hydrogens (tertiary/aromatic N) is 5. The third kappa shape index (κ3) is 4.35. The number of rotatable bonds is 5. The quantitative estimate of drug-likeness (QED) is 0.802. The van der Waals surface area contributed by atoms with Gasteiger partial charge in [-0.3, -0.25) is 19.1 Å². The monoisotopic (exact) mass is 371 g/mol. The first-order valence-electron chi connectivity index (χ1n) is 9.74. The summed E-state index contributed by atoms with van der Waals surface area (Å²) < 4.78 is 1.59. The molecule has 2 aromatic heterocycles. The van der Waals surface area contributed by atoms with E-state index >= 15 is 0 Å². The van der Waals surface area contributed by atoms with Crippen molar-refractivity contribution in [1.82, 2.24) is 24.3 Å². The molecule has 146 valence electrons. The van der Waals surface area contributed by atoms with E-state index in [-0.39, 0.29) is 23.1 Å². The minimum Gasteiger partial charge on any atom is -0.335 e. The summed E-state index contributed by atoms with van der Waals surface area (Å²) in [5, 5.41) is 0. The smallest absolute Gasteiger partial charge is 0.283 e. The predicted octanol–water partition coefficient (Wildman–Crippen LogP) is 1.86. The highest BCUT2D eigenvalue weighted by Gasteiger charge is 2.27. The van der Waals surface area contributed by atoms with Crippen LogP contribution in [-0.2, 0) is 6.54 Å². The zero-order chi connectivity index (χ0) is 19.6. The molecule has 1 amide bonds. The molecule has 2 aromatic rings. The second-order valence-electron chi connectivity index (χ2n) is 8.10. The van der Waals surface area contributed by atoms with E-state index in [0.717, 1.165) is 19.6 Å². The molecule has 0 atom stereocenters. The summed E-state index contributed by atoms with van der Waals surface area (Å²) in [6.45, 7) is 12.9. The Morgan fingerprint density at radius 1 is 1.07 bits per heavy atom. The topological polar surface area (TPSA) is 71.3 Å². The van der Waals surface area contributed by atoms with Crippen LogP contribution in [0.2, 0.25) is 0 Å². The number of carbonyl (C=O) groups excluding carboxylic acids is 1. The van der Waals surface area contributed by atoms with Crippen molar-refractivity contribution in [2.75, 3.05) is 32.7 Å². The molecule has 1 aliphatic heterocycles. The summed E-state index contributed by atoms with van der Waals surface area (Å²) in [5.41, 5.74) is 0.784. The minimum absolute atomic E-state index is 0.00783. The number of hydrogen-bond donors (Lipinski definition) is 0. The fraction of sp³-hybridized carbons (Fsp3) is 0.600. The molecule has 1 fully saturated rings. The lowest BCUT2D eigenvalue weighted by molar-refractivity contribution is 0.0616. The molecule has 0 unspecified atom stereocenters. The summed E-state index contributed by atoms with van der Waals surface area (Å²) in [4.78, 5) is 38.9. The Kier molecular flexibility index (Phi) is 5.89. The molecule has 0 spiro atoms. The Labute approximate surface area is 160 Å². The standard InChI is InChI=1S/C20H29N5O2/c1-14(2)12-23-8-10-24(11-9-23)19(26)17-20(27)25(13-15(3)4)18-16(22-17)6-5-7-21-18/h5-7,14-15H,8-13H2,1-4H3. The number of piperazine rings is 1. The molecule has 0 saturated carbocycles. The number of aromatic nitrogens is 3. The Morgan fingerprint density at radius 2 is 1.74 bits per heavy atom. The van der Waals surface area contributed by atoms with Gasteiger partial charge >= 0.3 is 0 Å². The first kappa shape index (κ1) is 19.5. The Morgan fingerprint density at radius 3 is 2.37 bits per heavy atom. The van der Waals surface area contributed by atoms with E-state index in [9.17, 15) is 9.59 Å². The summed E-state index contributed by atoms with van der Waals surface area (Å²) >= 11 is 0. The predicted molar refractivity (Wildman–Crippen MR) is 106 cm³/mol. The number of hydrogen-bond acceptors (Lipinski definition) is 5. The molecular weight excluding hydrogens is 342 g/mol. The molecule has 0 bridgehead atoms. The van der Waals surface area contributed by atoms with Crippen molar-refractivity contribution in [2.24, 2.45) is 11.8 Å². The van der Waals surface area contributed by atoms with Crippen LogP contribution < -0.4 is 5.56 Å². The highest BCUT2D eigenvalue weighted by Crippen LogP contribution is 2.12. The van der Waals surface area contributed by atoms with Crippen molar-refractivity contribution in [2.45, 2.75) is 34.2 Å². The van der Waals surface area contributed by atoms with Crippen LogP contribution in [0.25, 0.3) is 11.2 Å².